The van der Waals surface area contributed by atoms with E-state index in [1.165, 1.54) is 16.0 Å². The number of ether oxygens (including phenoxy) is 3. The summed E-state index contributed by atoms with van der Waals surface area (Å²) in [6, 6.07) is 8.47. The number of benzene rings is 1. The summed E-state index contributed by atoms with van der Waals surface area (Å²) in [5.41, 5.74) is 2.55. The molecule has 6 nitrogen and oxygen atoms in total. The van der Waals surface area contributed by atoms with Crippen LogP contribution in [-0.4, -0.2) is 39.1 Å². The first-order valence-electron chi connectivity index (χ1n) is 10.2. The molecule has 4 rings (SSSR count). The number of fused-ring (bicyclic) bond motifs is 1. The molecule has 1 aromatic heterocycles. The molecule has 1 aromatic carbocycles. The SMILES string of the molecule is CCNC(=NCc1sccc1C)NCC1(c2ccc3c(c2)OCO3)CCOCC1. The molecule has 7 heteroatoms. The molecule has 0 aliphatic carbocycles. The van der Waals surface area contributed by atoms with Gasteiger partial charge in [0.1, 0.15) is 0 Å². The van der Waals surface area contributed by atoms with Gasteiger partial charge < -0.3 is 24.8 Å². The van der Waals surface area contributed by atoms with Gasteiger partial charge in [-0.2, -0.15) is 0 Å². The number of nitrogens with one attached hydrogen (secondary N) is 2. The highest BCUT2D eigenvalue weighted by Crippen LogP contribution is 2.40. The summed E-state index contributed by atoms with van der Waals surface area (Å²) >= 11 is 1.76. The first-order valence-corrected chi connectivity index (χ1v) is 11.1. The summed E-state index contributed by atoms with van der Waals surface area (Å²) in [5, 5.41) is 9.10. The van der Waals surface area contributed by atoms with E-state index in [9.17, 15) is 0 Å². The van der Waals surface area contributed by atoms with Crippen LogP contribution >= 0.6 is 11.3 Å². The lowest BCUT2D eigenvalue weighted by Gasteiger charge is -2.38. The normalized spacial score (nSPS) is 17.9. The van der Waals surface area contributed by atoms with Gasteiger partial charge in [-0.05, 0) is 61.4 Å². The Hall–Kier alpha value is -2.25. The van der Waals surface area contributed by atoms with Gasteiger partial charge in [-0.1, -0.05) is 6.07 Å². The first kappa shape index (κ1) is 20.0. The number of aliphatic imine (C=N–C) groups is 1. The highest BCUT2D eigenvalue weighted by molar-refractivity contribution is 7.10. The van der Waals surface area contributed by atoms with Crippen molar-refractivity contribution in [1.82, 2.24) is 10.6 Å². The molecule has 2 N–H and O–H groups in total. The molecule has 0 unspecified atom stereocenters. The highest BCUT2D eigenvalue weighted by atomic mass is 32.1. The summed E-state index contributed by atoms with van der Waals surface area (Å²) < 4.78 is 16.8. The summed E-state index contributed by atoms with van der Waals surface area (Å²) in [7, 11) is 0. The smallest absolute Gasteiger partial charge is 0.231 e. The van der Waals surface area contributed by atoms with E-state index >= 15 is 0 Å². The zero-order valence-electron chi connectivity index (χ0n) is 17.1. The molecule has 2 aromatic rings. The van der Waals surface area contributed by atoms with Gasteiger partial charge in [-0.15, -0.1) is 11.3 Å². The maximum atomic E-state index is 5.67. The second-order valence-electron chi connectivity index (χ2n) is 7.54. The Bertz CT molecular complexity index is 859. The molecular weight excluding hydrogens is 386 g/mol. The van der Waals surface area contributed by atoms with Gasteiger partial charge in [0.15, 0.2) is 17.5 Å². The number of aryl methyl sites for hydroxylation is 1. The van der Waals surface area contributed by atoms with E-state index in [2.05, 4.69) is 48.1 Å². The van der Waals surface area contributed by atoms with Crippen LogP contribution in [0.25, 0.3) is 0 Å². The number of guanidine groups is 1. The number of rotatable bonds is 6. The van der Waals surface area contributed by atoms with E-state index in [0.717, 1.165) is 56.6 Å². The predicted molar refractivity (Wildman–Crippen MR) is 116 cm³/mol. The molecule has 0 bridgehead atoms. The van der Waals surface area contributed by atoms with Crippen molar-refractivity contribution in [3.05, 3.63) is 45.6 Å². The summed E-state index contributed by atoms with van der Waals surface area (Å²) in [6.45, 7) is 8.37. The molecule has 0 saturated carbocycles. The highest BCUT2D eigenvalue weighted by Gasteiger charge is 2.35. The number of nitrogens with zero attached hydrogens (tertiary/aromatic N) is 1. The quantitative estimate of drug-likeness (QED) is 0.558. The Morgan fingerprint density at radius 3 is 2.72 bits per heavy atom. The molecule has 0 radical (unpaired) electrons. The molecule has 2 aliphatic rings. The van der Waals surface area contributed by atoms with Crippen molar-refractivity contribution in [1.29, 1.82) is 0 Å². The summed E-state index contributed by atoms with van der Waals surface area (Å²) in [5.74, 6) is 2.51. The molecule has 0 spiro atoms. The lowest BCUT2D eigenvalue weighted by Crippen LogP contribution is -2.48. The van der Waals surface area contributed by atoms with Crippen LogP contribution in [0, 0.1) is 6.92 Å². The van der Waals surface area contributed by atoms with E-state index in [-0.39, 0.29) is 5.41 Å². The van der Waals surface area contributed by atoms with Crippen molar-refractivity contribution in [2.24, 2.45) is 4.99 Å². The van der Waals surface area contributed by atoms with Gasteiger partial charge in [0, 0.05) is 36.6 Å². The molecule has 3 heterocycles. The second-order valence-corrected chi connectivity index (χ2v) is 8.54. The average molecular weight is 416 g/mol. The van der Waals surface area contributed by atoms with E-state index in [0.29, 0.717) is 13.3 Å². The Kier molecular flexibility index (Phi) is 6.25. The maximum absolute atomic E-state index is 5.67. The van der Waals surface area contributed by atoms with Crippen LogP contribution < -0.4 is 20.1 Å². The van der Waals surface area contributed by atoms with Crippen molar-refractivity contribution < 1.29 is 14.2 Å². The van der Waals surface area contributed by atoms with Crippen molar-refractivity contribution in [2.75, 3.05) is 33.1 Å². The third kappa shape index (κ3) is 4.51. The molecule has 0 amide bonds. The molecule has 1 saturated heterocycles. The largest absolute Gasteiger partial charge is 0.454 e. The minimum atomic E-state index is -0.0196. The molecule has 1 fully saturated rings. The second kappa shape index (κ2) is 9.05. The summed E-state index contributed by atoms with van der Waals surface area (Å²) in [6.07, 6.45) is 1.92. The fraction of sp³-hybridized carbons (Fsp3) is 0.500. The molecular formula is C22H29N3O3S. The molecule has 2 aliphatic heterocycles. The van der Waals surface area contributed by atoms with Crippen LogP contribution in [0.2, 0.25) is 0 Å². The van der Waals surface area contributed by atoms with Crippen LogP contribution in [0.1, 0.15) is 35.8 Å². The number of thiophene rings is 1. The van der Waals surface area contributed by atoms with Crippen molar-refractivity contribution in [3.8, 4) is 11.5 Å². The van der Waals surface area contributed by atoms with Crippen LogP contribution in [0.3, 0.4) is 0 Å². The van der Waals surface area contributed by atoms with Gasteiger partial charge in [0.05, 0.1) is 6.54 Å². The first-order chi connectivity index (χ1) is 14.2. The van der Waals surface area contributed by atoms with Crippen molar-refractivity contribution in [2.45, 2.75) is 38.6 Å². The topological polar surface area (TPSA) is 64.1 Å². The van der Waals surface area contributed by atoms with Crippen LogP contribution in [0.5, 0.6) is 11.5 Å². The monoisotopic (exact) mass is 415 g/mol. The van der Waals surface area contributed by atoms with Crippen molar-refractivity contribution >= 4 is 17.3 Å². The Morgan fingerprint density at radius 2 is 1.97 bits per heavy atom. The molecule has 0 atom stereocenters. The lowest BCUT2D eigenvalue weighted by molar-refractivity contribution is 0.0513. The van der Waals surface area contributed by atoms with Crippen LogP contribution in [0.15, 0.2) is 34.6 Å². The Labute approximate surface area is 176 Å². The van der Waals surface area contributed by atoms with Crippen LogP contribution in [-0.2, 0) is 16.7 Å². The third-order valence-electron chi connectivity index (χ3n) is 5.72. The average Bonchev–Trinajstić information content (AvgIpc) is 3.39. The number of hydrogen-bond acceptors (Lipinski definition) is 5. The van der Waals surface area contributed by atoms with E-state index in [4.69, 9.17) is 19.2 Å². The van der Waals surface area contributed by atoms with Gasteiger partial charge in [-0.25, -0.2) is 4.99 Å². The molecule has 29 heavy (non-hydrogen) atoms. The van der Waals surface area contributed by atoms with Gasteiger partial charge in [0.25, 0.3) is 0 Å². The van der Waals surface area contributed by atoms with Gasteiger partial charge in [-0.3, -0.25) is 0 Å². The molecule has 156 valence electrons. The van der Waals surface area contributed by atoms with Crippen LogP contribution in [0.4, 0.5) is 0 Å². The Balaban J connectivity index is 1.51. The van der Waals surface area contributed by atoms with E-state index in [1.807, 2.05) is 6.07 Å². The fourth-order valence-corrected chi connectivity index (χ4v) is 4.70. The lowest BCUT2D eigenvalue weighted by atomic mass is 9.74. The van der Waals surface area contributed by atoms with Gasteiger partial charge >= 0.3 is 0 Å². The van der Waals surface area contributed by atoms with E-state index < -0.39 is 0 Å². The number of hydrogen-bond donors (Lipinski definition) is 2. The van der Waals surface area contributed by atoms with E-state index in [1.54, 1.807) is 11.3 Å². The standard InChI is InChI=1S/C22H29N3O3S/c1-3-23-21(24-13-20-16(2)6-11-29-20)25-14-22(7-9-26-10-8-22)17-4-5-18-19(12-17)28-15-27-18/h4-6,11-12H,3,7-10,13-15H2,1-2H3,(H2,23,24,25). The van der Waals surface area contributed by atoms with Gasteiger partial charge in [0.2, 0.25) is 6.79 Å². The Morgan fingerprint density at radius 1 is 1.14 bits per heavy atom. The minimum Gasteiger partial charge on any atom is -0.454 e. The minimum absolute atomic E-state index is 0.0196. The predicted octanol–water partition coefficient (Wildman–Crippen LogP) is 3.59. The zero-order valence-corrected chi connectivity index (χ0v) is 17.9. The summed E-state index contributed by atoms with van der Waals surface area (Å²) in [4.78, 5) is 6.12. The fourth-order valence-electron chi connectivity index (χ4n) is 3.87. The zero-order chi connectivity index (χ0) is 20.1. The maximum Gasteiger partial charge on any atom is 0.231 e. The van der Waals surface area contributed by atoms with Crippen molar-refractivity contribution in [3.63, 3.8) is 0 Å². The third-order valence-corrected chi connectivity index (χ3v) is 6.73.